The molecule has 186 valence electrons. The Kier molecular flexibility index (Phi) is 6.49. The maximum atomic E-state index is 13.8. The van der Waals surface area contributed by atoms with Crippen LogP contribution in [0.1, 0.15) is 58.8 Å². The predicted octanol–water partition coefficient (Wildman–Crippen LogP) is 6.28. The topological polar surface area (TPSA) is 82.1 Å². The van der Waals surface area contributed by atoms with Gasteiger partial charge in [0, 0.05) is 5.02 Å². The highest BCUT2D eigenvalue weighted by Gasteiger charge is 2.43. The molecule has 2 aromatic carbocycles. The molecule has 0 saturated heterocycles. The number of nitrogens with zero attached hydrogens (tertiary/aromatic N) is 1. The van der Waals surface area contributed by atoms with Crippen molar-refractivity contribution in [3.63, 3.8) is 0 Å². The van der Waals surface area contributed by atoms with Crippen LogP contribution in [0.25, 0.3) is 11.0 Å². The second-order valence-corrected chi connectivity index (χ2v) is 9.21. The molecular weight excluding hydrogens is 482 g/mol. The van der Waals surface area contributed by atoms with E-state index < -0.39 is 6.04 Å². The molecule has 0 saturated carbocycles. The fraction of sp³-hybridized carbons (Fsp3) is 0.286. The first kappa shape index (κ1) is 24.0. The molecule has 4 aromatic rings. The van der Waals surface area contributed by atoms with Crippen LogP contribution in [0.15, 0.2) is 62.4 Å². The van der Waals surface area contributed by atoms with Gasteiger partial charge in [0.1, 0.15) is 11.3 Å². The molecular formula is C28H26ClNO6. The van der Waals surface area contributed by atoms with Crippen LogP contribution in [0.2, 0.25) is 5.02 Å². The van der Waals surface area contributed by atoms with Crippen molar-refractivity contribution in [2.75, 3.05) is 13.7 Å². The highest BCUT2D eigenvalue weighted by Crippen LogP contribution is 2.42. The van der Waals surface area contributed by atoms with Crippen molar-refractivity contribution in [3.8, 4) is 11.5 Å². The van der Waals surface area contributed by atoms with Crippen LogP contribution in [-0.2, 0) is 6.54 Å². The molecule has 5 rings (SSSR count). The van der Waals surface area contributed by atoms with Gasteiger partial charge in [-0.1, -0.05) is 31.0 Å². The van der Waals surface area contributed by atoms with Gasteiger partial charge in [-0.2, -0.15) is 0 Å². The predicted molar refractivity (Wildman–Crippen MR) is 136 cm³/mol. The molecule has 8 heteroatoms. The van der Waals surface area contributed by atoms with Crippen molar-refractivity contribution in [1.29, 1.82) is 0 Å². The number of halogens is 1. The second-order valence-electron chi connectivity index (χ2n) is 8.80. The lowest BCUT2D eigenvalue weighted by Gasteiger charge is -2.25. The molecule has 2 aromatic heterocycles. The van der Waals surface area contributed by atoms with Crippen molar-refractivity contribution in [1.82, 2.24) is 4.90 Å². The standard InChI is InChI=1S/C28H26ClNO6/c1-4-5-10-35-21-9-8-17(13-23(21)33-3)25-24-26(31)19-14-20(29)16(2)12-22(19)36-27(24)28(32)30(25)15-18-7-6-11-34-18/h6-9,11-14,25H,4-5,10,15H2,1-3H3. The first-order valence-electron chi connectivity index (χ1n) is 11.8. The Hall–Kier alpha value is -3.71. The molecule has 0 aliphatic carbocycles. The Morgan fingerprint density at radius 2 is 1.94 bits per heavy atom. The molecule has 1 atom stereocenters. The van der Waals surface area contributed by atoms with Crippen LogP contribution in [0.4, 0.5) is 0 Å². The minimum absolute atomic E-state index is 0.0213. The molecule has 1 unspecified atom stereocenters. The lowest BCUT2D eigenvalue weighted by atomic mass is 9.97. The number of carbonyl (C=O) groups excluding carboxylic acids is 1. The van der Waals surface area contributed by atoms with Gasteiger partial charge >= 0.3 is 0 Å². The molecule has 1 amide bonds. The first-order valence-corrected chi connectivity index (χ1v) is 12.2. The van der Waals surface area contributed by atoms with Crippen LogP contribution in [0, 0.1) is 6.92 Å². The Balaban J connectivity index is 1.67. The Morgan fingerprint density at radius 1 is 1.11 bits per heavy atom. The zero-order valence-electron chi connectivity index (χ0n) is 20.3. The van der Waals surface area contributed by atoms with Crippen LogP contribution < -0.4 is 14.9 Å². The van der Waals surface area contributed by atoms with Crippen molar-refractivity contribution in [2.45, 2.75) is 39.3 Å². The van der Waals surface area contributed by atoms with Crippen molar-refractivity contribution < 1.29 is 23.1 Å². The number of fused-ring (bicyclic) bond motifs is 2. The highest BCUT2D eigenvalue weighted by atomic mass is 35.5. The lowest BCUT2D eigenvalue weighted by molar-refractivity contribution is 0.0701. The van der Waals surface area contributed by atoms with E-state index in [4.69, 9.17) is 29.9 Å². The summed E-state index contributed by atoms with van der Waals surface area (Å²) in [6.45, 7) is 4.64. The van der Waals surface area contributed by atoms with Gasteiger partial charge in [0.2, 0.25) is 5.76 Å². The summed E-state index contributed by atoms with van der Waals surface area (Å²) in [5.74, 6) is 1.34. The number of ether oxygens (including phenoxy) is 2. The average Bonchev–Trinajstić information content (AvgIpc) is 3.48. The van der Waals surface area contributed by atoms with E-state index in [1.165, 1.54) is 0 Å². The van der Waals surface area contributed by atoms with Gasteiger partial charge in [-0.05, 0) is 60.9 Å². The summed E-state index contributed by atoms with van der Waals surface area (Å²) in [5.41, 5.74) is 1.74. The second kappa shape index (κ2) is 9.74. The zero-order chi connectivity index (χ0) is 25.4. The average molecular weight is 508 g/mol. The summed E-state index contributed by atoms with van der Waals surface area (Å²) in [6, 6.07) is 11.6. The van der Waals surface area contributed by atoms with Crippen molar-refractivity contribution in [3.05, 3.63) is 92.2 Å². The number of unbranched alkanes of at least 4 members (excludes halogenated alkanes) is 1. The largest absolute Gasteiger partial charge is 0.493 e. The molecule has 0 bridgehead atoms. The van der Waals surface area contributed by atoms with E-state index in [1.807, 2.05) is 13.0 Å². The molecule has 0 N–H and O–H groups in total. The van der Waals surface area contributed by atoms with Gasteiger partial charge in [-0.15, -0.1) is 0 Å². The SMILES string of the molecule is CCCCOc1ccc(C2c3c(oc4cc(C)c(Cl)cc4c3=O)C(=O)N2Cc2ccco2)cc1OC. The lowest BCUT2D eigenvalue weighted by Crippen LogP contribution is -2.29. The third-order valence-electron chi connectivity index (χ3n) is 6.41. The van der Waals surface area contributed by atoms with Crippen molar-refractivity contribution in [2.24, 2.45) is 0 Å². The highest BCUT2D eigenvalue weighted by molar-refractivity contribution is 6.32. The Labute approximate surface area is 213 Å². The summed E-state index contributed by atoms with van der Waals surface area (Å²) >= 11 is 6.32. The van der Waals surface area contributed by atoms with E-state index in [0.29, 0.717) is 45.4 Å². The quantitative estimate of drug-likeness (QED) is 0.261. The molecule has 0 radical (unpaired) electrons. The molecule has 3 heterocycles. The smallest absolute Gasteiger partial charge is 0.291 e. The number of furan rings is 1. The number of hydrogen-bond acceptors (Lipinski definition) is 6. The Bertz CT molecular complexity index is 1490. The van der Waals surface area contributed by atoms with Gasteiger partial charge in [-0.3, -0.25) is 9.59 Å². The van der Waals surface area contributed by atoms with Gasteiger partial charge in [-0.25, -0.2) is 0 Å². The zero-order valence-corrected chi connectivity index (χ0v) is 21.1. The van der Waals surface area contributed by atoms with E-state index in [2.05, 4.69) is 6.92 Å². The normalized spacial score (nSPS) is 14.9. The van der Waals surface area contributed by atoms with Crippen molar-refractivity contribution >= 4 is 28.5 Å². The van der Waals surface area contributed by atoms with Gasteiger partial charge in [0.05, 0.1) is 43.5 Å². The van der Waals surface area contributed by atoms with Gasteiger partial charge in [0.15, 0.2) is 16.9 Å². The third-order valence-corrected chi connectivity index (χ3v) is 6.82. The Morgan fingerprint density at radius 3 is 2.67 bits per heavy atom. The molecule has 0 spiro atoms. The molecule has 1 aliphatic heterocycles. The van der Waals surface area contributed by atoms with Gasteiger partial charge < -0.3 is 23.2 Å². The van der Waals surface area contributed by atoms with Crippen LogP contribution >= 0.6 is 11.6 Å². The number of rotatable bonds is 8. The fourth-order valence-electron chi connectivity index (χ4n) is 4.52. The third kappa shape index (κ3) is 4.13. The van der Waals surface area contributed by atoms with E-state index in [9.17, 15) is 9.59 Å². The van der Waals surface area contributed by atoms with Crippen LogP contribution in [-0.4, -0.2) is 24.5 Å². The van der Waals surface area contributed by atoms with Crippen LogP contribution in [0.5, 0.6) is 11.5 Å². The minimum atomic E-state index is -0.711. The molecule has 7 nitrogen and oxygen atoms in total. The summed E-state index contributed by atoms with van der Waals surface area (Å²) < 4.78 is 23.0. The fourth-order valence-corrected chi connectivity index (χ4v) is 4.68. The summed E-state index contributed by atoms with van der Waals surface area (Å²) in [7, 11) is 1.56. The summed E-state index contributed by atoms with van der Waals surface area (Å²) in [6.07, 6.45) is 3.48. The number of carbonyl (C=O) groups is 1. The monoisotopic (exact) mass is 507 g/mol. The number of methoxy groups -OCH3 is 1. The minimum Gasteiger partial charge on any atom is -0.493 e. The summed E-state index contributed by atoms with van der Waals surface area (Å²) in [4.78, 5) is 29.0. The molecule has 0 fully saturated rings. The van der Waals surface area contributed by atoms with E-state index in [1.54, 1.807) is 54.7 Å². The van der Waals surface area contributed by atoms with Gasteiger partial charge in [0.25, 0.3) is 5.91 Å². The number of hydrogen-bond donors (Lipinski definition) is 0. The van der Waals surface area contributed by atoms with E-state index in [0.717, 1.165) is 18.4 Å². The first-order chi connectivity index (χ1) is 17.4. The molecule has 36 heavy (non-hydrogen) atoms. The number of aryl methyl sites for hydroxylation is 1. The maximum absolute atomic E-state index is 13.8. The van der Waals surface area contributed by atoms with E-state index >= 15 is 0 Å². The summed E-state index contributed by atoms with van der Waals surface area (Å²) in [5, 5.41) is 0.784. The molecule has 1 aliphatic rings. The number of benzene rings is 2. The maximum Gasteiger partial charge on any atom is 0.291 e. The number of amides is 1. The van der Waals surface area contributed by atoms with Crippen LogP contribution in [0.3, 0.4) is 0 Å². The van der Waals surface area contributed by atoms with E-state index in [-0.39, 0.29) is 29.2 Å².